The Bertz CT molecular complexity index is 760. The summed E-state index contributed by atoms with van der Waals surface area (Å²) in [7, 11) is -1.38. The minimum atomic E-state index is -3.37. The largest absolute Gasteiger partial charge is 0.381 e. The molecule has 2 heterocycles. The fourth-order valence-corrected chi connectivity index (χ4v) is 5.03. The summed E-state index contributed by atoms with van der Waals surface area (Å²) in [6, 6.07) is 7.71. The summed E-state index contributed by atoms with van der Waals surface area (Å²) in [4.78, 5) is 6.62. The van der Waals surface area contributed by atoms with Gasteiger partial charge in [0.2, 0.25) is 10.0 Å². The molecule has 0 aromatic heterocycles. The maximum Gasteiger partial charge on any atom is 0.237 e. The first-order chi connectivity index (χ1) is 13.0. The molecule has 1 aromatic carbocycles. The number of benzene rings is 1. The minimum Gasteiger partial charge on any atom is -0.381 e. The average molecular weight is 395 g/mol. The van der Waals surface area contributed by atoms with Crippen LogP contribution in [0.15, 0.2) is 29.3 Å². The number of para-hydroxylation sites is 1. The van der Waals surface area contributed by atoms with E-state index in [1.165, 1.54) is 4.31 Å². The number of aliphatic imine (C=N–C) groups is 1. The first kappa shape index (κ1) is 19.9. The zero-order valence-corrected chi connectivity index (χ0v) is 17.0. The van der Waals surface area contributed by atoms with E-state index in [4.69, 9.17) is 4.74 Å². The molecule has 0 spiro atoms. The Morgan fingerprint density at radius 2 is 2.22 bits per heavy atom. The Hall–Kier alpha value is -1.80. The molecule has 27 heavy (non-hydrogen) atoms. The van der Waals surface area contributed by atoms with Crippen molar-refractivity contribution in [2.45, 2.75) is 19.8 Å². The lowest BCUT2D eigenvalue weighted by atomic mass is 10.1. The highest BCUT2D eigenvalue weighted by Crippen LogP contribution is 2.29. The van der Waals surface area contributed by atoms with Gasteiger partial charge in [-0.3, -0.25) is 9.30 Å². The van der Waals surface area contributed by atoms with Crippen molar-refractivity contribution in [3.05, 3.63) is 29.8 Å². The molecule has 3 rings (SSSR count). The Kier molecular flexibility index (Phi) is 6.59. The highest BCUT2D eigenvalue weighted by Gasteiger charge is 2.28. The molecule has 0 amide bonds. The van der Waals surface area contributed by atoms with E-state index >= 15 is 0 Å². The maximum atomic E-state index is 12.8. The van der Waals surface area contributed by atoms with Gasteiger partial charge in [0.15, 0.2) is 5.96 Å². The van der Waals surface area contributed by atoms with Crippen LogP contribution in [0.3, 0.4) is 0 Å². The number of fused-ring (bicyclic) bond motifs is 1. The van der Waals surface area contributed by atoms with E-state index in [0.29, 0.717) is 12.5 Å². The summed E-state index contributed by atoms with van der Waals surface area (Å²) in [5, 5.41) is 3.25. The zero-order valence-electron chi connectivity index (χ0n) is 16.2. The van der Waals surface area contributed by atoms with Crippen molar-refractivity contribution in [2.75, 3.05) is 56.5 Å². The van der Waals surface area contributed by atoms with Gasteiger partial charge in [-0.2, -0.15) is 0 Å². The van der Waals surface area contributed by atoms with Crippen molar-refractivity contribution < 1.29 is 13.2 Å². The third kappa shape index (κ3) is 4.93. The van der Waals surface area contributed by atoms with Crippen LogP contribution in [0.2, 0.25) is 0 Å². The van der Waals surface area contributed by atoms with Gasteiger partial charge in [0.25, 0.3) is 0 Å². The number of nitrogens with zero attached hydrogens (tertiary/aromatic N) is 3. The van der Waals surface area contributed by atoms with Gasteiger partial charge in [0, 0.05) is 39.2 Å². The Morgan fingerprint density at radius 1 is 1.41 bits per heavy atom. The first-order valence-corrected chi connectivity index (χ1v) is 11.3. The molecule has 7 nitrogen and oxygen atoms in total. The molecule has 150 valence electrons. The van der Waals surface area contributed by atoms with Gasteiger partial charge in [0.1, 0.15) is 0 Å². The van der Waals surface area contributed by atoms with Crippen LogP contribution >= 0.6 is 0 Å². The van der Waals surface area contributed by atoms with Crippen molar-refractivity contribution >= 4 is 21.7 Å². The van der Waals surface area contributed by atoms with Gasteiger partial charge in [0.05, 0.1) is 24.6 Å². The number of nitrogens with one attached hydrogen (secondary N) is 1. The van der Waals surface area contributed by atoms with E-state index < -0.39 is 10.0 Å². The standard InChI is InChI=1S/C19H30N4O3S/c1-3-20-19(22(2)14-16-9-12-26-15-16)21-10-13-27(24,25)23-11-8-17-6-4-5-7-18(17)23/h4-7,16H,3,8-15H2,1-2H3,(H,20,21). The molecule has 2 aliphatic heterocycles. The second-order valence-electron chi connectivity index (χ2n) is 7.11. The van der Waals surface area contributed by atoms with Crippen molar-refractivity contribution in [3.8, 4) is 0 Å². The van der Waals surface area contributed by atoms with E-state index in [1.807, 2.05) is 38.2 Å². The van der Waals surface area contributed by atoms with E-state index in [2.05, 4.69) is 15.2 Å². The van der Waals surface area contributed by atoms with Crippen molar-refractivity contribution in [2.24, 2.45) is 10.9 Å². The highest BCUT2D eigenvalue weighted by molar-refractivity contribution is 7.92. The lowest BCUT2D eigenvalue weighted by molar-refractivity contribution is 0.181. The van der Waals surface area contributed by atoms with Crippen LogP contribution in [0.25, 0.3) is 0 Å². The predicted molar refractivity (Wildman–Crippen MR) is 109 cm³/mol. The number of anilines is 1. The van der Waals surface area contributed by atoms with Crippen LogP contribution in [0.4, 0.5) is 5.69 Å². The molecular formula is C19H30N4O3S. The van der Waals surface area contributed by atoms with Crippen LogP contribution in [0.5, 0.6) is 0 Å². The van der Waals surface area contributed by atoms with E-state index in [1.54, 1.807) is 0 Å². The smallest absolute Gasteiger partial charge is 0.237 e. The van der Waals surface area contributed by atoms with E-state index in [-0.39, 0.29) is 12.3 Å². The molecule has 1 fully saturated rings. The van der Waals surface area contributed by atoms with Gasteiger partial charge in [-0.1, -0.05) is 18.2 Å². The molecule has 1 unspecified atom stereocenters. The molecule has 8 heteroatoms. The summed E-state index contributed by atoms with van der Waals surface area (Å²) >= 11 is 0. The lowest BCUT2D eigenvalue weighted by Crippen LogP contribution is -2.42. The summed E-state index contributed by atoms with van der Waals surface area (Å²) in [5.74, 6) is 1.27. The van der Waals surface area contributed by atoms with Crippen LogP contribution < -0.4 is 9.62 Å². The third-order valence-corrected chi connectivity index (χ3v) is 6.79. The number of guanidine groups is 1. The van der Waals surface area contributed by atoms with Crippen LogP contribution in [0.1, 0.15) is 18.9 Å². The summed E-state index contributed by atoms with van der Waals surface area (Å²) in [6.07, 6.45) is 1.83. The van der Waals surface area contributed by atoms with Crippen molar-refractivity contribution in [1.29, 1.82) is 0 Å². The maximum absolute atomic E-state index is 12.8. The molecule has 2 aliphatic rings. The van der Waals surface area contributed by atoms with Crippen molar-refractivity contribution in [3.63, 3.8) is 0 Å². The fraction of sp³-hybridized carbons (Fsp3) is 0.632. The van der Waals surface area contributed by atoms with E-state index in [9.17, 15) is 8.42 Å². The Balaban J connectivity index is 1.61. The van der Waals surface area contributed by atoms with Gasteiger partial charge < -0.3 is 15.0 Å². The zero-order chi connectivity index (χ0) is 19.3. The van der Waals surface area contributed by atoms with E-state index in [0.717, 1.165) is 56.4 Å². The summed E-state index contributed by atoms with van der Waals surface area (Å²) < 4.78 is 32.5. The topological polar surface area (TPSA) is 74.2 Å². The quantitative estimate of drug-likeness (QED) is 0.558. The van der Waals surface area contributed by atoms with Crippen LogP contribution in [-0.2, 0) is 21.2 Å². The average Bonchev–Trinajstić information content (AvgIpc) is 3.30. The number of ether oxygens (including phenoxy) is 1. The van der Waals surface area contributed by atoms with Gasteiger partial charge >= 0.3 is 0 Å². The van der Waals surface area contributed by atoms with Crippen LogP contribution in [0, 0.1) is 5.92 Å². The fourth-order valence-electron chi connectivity index (χ4n) is 3.64. The number of hydrogen-bond donors (Lipinski definition) is 1. The molecule has 1 atom stereocenters. The van der Waals surface area contributed by atoms with Gasteiger partial charge in [-0.05, 0) is 31.4 Å². The minimum absolute atomic E-state index is 0.0105. The molecule has 1 saturated heterocycles. The Morgan fingerprint density at radius 3 is 2.96 bits per heavy atom. The second kappa shape index (κ2) is 8.93. The molecule has 1 N–H and O–H groups in total. The molecular weight excluding hydrogens is 364 g/mol. The summed E-state index contributed by atoms with van der Waals surface area (Å²) in [6.45, 7) is 5.99. The van der Waals surface area contributed by atoms with Crippen molar-refractivity contribution in [1.82, 2.24) is 10.2 Å². The molecule has 0 aliphatic carbocycles. The molecule has 0 saturated carbocycles. The second-order valence-corrected chi connectivity index (χ2v) is 9.13. The monoisotopic (exact) mass is 394 g/mol. The number of rotatable bonds is 7. The molecule has 0 radical (unpaired) electrons. The Labute approximate surface area is 162 Å². The highest BCUT2D eigenvalue weighted by atomic mass is 32.2. The molecule has 1 aromatic rings. The predicted octanol–water partition coefficient (Wildman–Crippen LogP) is 1.31. The number of sulfonamides is 1. The van der Waals surface area contributed by atoms with Gasteiger partial charge in [-0.15, -0.1) is 0 Å². The van der Waals surface area contributed by atoms with Gasteiger partial charge in [-0.25, -0.2) is 8.42 Å². The first-order valence-electron chi connectivity index (χ1n) is 9.66. The van der Waals surface area contributed by atoms with Crippen LogP contribution in [-0.4, -0.2) is 71.5 Å². The lowest BCUT2D eigenvalue weighted by Gasteiger charge is -2.24. The number of hydrogen-bond acceptors (Lipinski definition) is 4. The molecule has 0 bridgehead atoms. The third-order valence-electron chi connectivity index (χ3n) is 5.04. The normalized spacial score (nSPS) is 20.0. The SMILES string of the molecule is CCNC(=NCCS(=O)(=O)N1CCc2ccccc21)N(C)CC1CCOC1. The summed E-state index contributed by atoms with van der Waals surface area (Å²) in [5.41, 5.74) is 1.91.